The maximum absolute atomic E-state index is 11.4. The lowest BCUT2D eigenvalue weighted by atomic mass is 10.1. The molecular weight excluding hydrogens is 293 g/mol. The van der Waals surface area contributed by atoms with Crippen molar-refractivity contribution in [3.63, 3.8) is 0 Å². The summed E-state index contributed by atoms with van der Waals surface area (Å²) in [5.41, 5.74) is 2.25. The molecule has 76 valence electrons. The second-order valence-corrected chi connectivity index (χ2v) is 4.79. The average molecular weight is 305 g/mol. The summed E-state index contributed by atoms with van der Waals surface area (Å²) < 4.78 is 2.06. The number of Topliss-reactive ketones (excluding diaryl/α,β-unsaturated/α-hetero) is 1. The second-order valence-electron chi connectivity index (χ2n) is 3.55. The third-order valence-corrected chi connectivity index (χ3v) is 3.59. The van der Waals surface area contributed by atoms with Crippen molar-refractivity contribution in [2.45, 2.75) is 32.4 Å². The van der Waals surface area contributed by atoms with Crippen LogP contribution in [0, 0.1) is 0 Å². The van der Waals surface area contributed by atoms with Crippen LogP contribution in [-0.2, 0) is 17.8 Å². The van der Waals surface area contributed by atoms with Gasteiger partial charge < -0.3 is 4.98 Å². The number of imidazole rings is 1. The van der Waals surface area contributed by atoms with Crippen molar-refractivity contribution in [3.05, 3.63) is 17.7 Å². The number of carbonyl (C=O) groups excluding carboxylic acids is 1. The number of aromatic amines is 1. The minimum atomic E-state index is 0.0400. The number of ketones is 1. The van der Waals surface area contributed by atoms with Gasteiger partial charge in [0.1, 0.15) is 5.78 Å². The fraction of sp³-hybridized carbons (Fsp3) is 0.556. The highest BCUT2D eigenvalue weighted by Gasteiger charge is 2.26. The van der Waals surface area contributed by atoms with E-state index in [1.54, 1.807) is 13.3 Å². The number of rotatable bonds is 1. The predicted molar refractivity (Wildman–Crippen MR) is 60.9 cm³/mol. The molecule has 0 aliphatic carbocycles. The number of H-pyrrole nitrogens is 1. The fourth-order valence-corrected chi connectivity index (χ4v) is 2.79. The molecule has 1 aliphatic rings. The smallest absolute Gasteiger partial charge is 0.147 e. The van der Waals surface area contributed by atoms with Gasteiger partial charge in [-0.1, -0.05) is 0 Å². The Morgan fingerprint density at radius 3 is 3.29 bits per heavy atom. The zero-order chi connectivity index (χ0) is 10.1. The van der Waals surface area contributed by atoms with Crippen molar-refractivity contribution in [2.24, 2.45) is 0 Å². The van der Waals surface area contributed by atoms with Crippen LogP contribution in [-0.4, -0.2) is 24.9 Å². The first-order valence-electron chi connectivity index (χ1n) is 4.62. The van der Waals surface area contributed by atoms with Gasteiger partial charge in [0.2, 0.25) is 0 Å². The second kappa shape index (κ2) is 3.98. The van der Waals surface area contributed by atoms with Crippen LogP contribution in [0.2, 0.25) is 0 Å². The van der Waals surface area contributed by atoms with Crippen LogP contribution < -0.4 is 0 Å². The first kappa shape index (κ1) is 10.1. The highest BCUT2D eigenvalue weighted by Crippen LogP contribution is 2.23. The SMILES string of the molecule is CC(=O)[C@@H]1CCc2nc[nH]c2CN1I. The zero-order valence-electron chi connectivity index (χ0n) is 7.96. The molecule has 1 aromatic heterocycles. The van der Waals surface area contributed by atoms with Crippen LogP contribution in [0.3, 0.4) is 0 Å². The topological polar surface area (TPSA) is 49.0 Å². The van der Waals surface area contributed by atoms with Crippen LogP contribution >= 0.6 is 22.9 Å². The molecule has 1 N–H and O–H groups in total. The molecule has 0 radical (unpaired) electrons. The molecule has 0 fully saturated rings. The summed E-state index contributed by atoms with van der Waals surface area (Å²) in [6.45, 7) is 2.43. The summed E-state index contributed by atoms with van der Waals surface area (Å²) in [6, 6.07) is 0.0400. The van der Waals surface area contributed by atoms with E-state index < -0.39 is 0 Å². The van der Waals surface area contributed by atoms with E-state index in [4.69, 9.17) is 0 Å². The maximum atomic E-state index is 11.4. The Morgan fingerprint density at radius 2 is 2.57 bits per heavy atom. The molecule has 1 atom stereocenters. The van der Waals surface area contributed by atoms with Crippen molar-refractivity contribution < 1.29 is 4.79 Å². The first-order valence-corrected chi connectivity index (χ1v) is 5.59. The Morgan fingerprint density at radius 1 is 1.79 bits per heavy atom. The Hall–Kier alpha value is -0.430. The summed E-state index contributed by atoms with van der Waals surface area (Å²) >= 11 is 2.22. The van der Waals surface area contributed by atoms with Gasteiger partial charge in [0.25, 0.3) is 0 Å². The molecule has 2 rings (SSSR count). The zero-order valence-corrected chi connectivity index (χ0v) is 10.1. The molecule has 0 bridgehead atoms. The molecule has 5 heteroatoms. The molecular formula is C9H12IN3O. The largest absolute Gasteiger partial charge is 0.347 e. The van der Waals surface area contributed by atoms with Crippen molar-refractivity contribution in [1.82, 2.24) is 13.1 Å². The number of nitrogens with zero attached hydrogens (tertiary/aromatic N) is 2. The minimum absolute atomic E-state index is 0.0400. The summed E-state index contributed by atoms with van der Waals surface area (Å²) in [7, 11) is 0. The van der Waals surface area contributed by atoms with E-state index in [1.165, 1.54) is 0 Å². The van der Waals surface area contributed by atoms with Gasteiger partial charge in [-0.3, -0.25) is 4.79 Å². The number of carbonyl (C=O) groups is 1. The lowest BCUT2D eigenvalue weighted by molar-refractivity contribution is -0.120. The van der Waals surface area contributed by atoms with Crippen LogP contribution in [0.5, 0.6) is 0 Å². The minimum Gasteiger partial charge on any atom is -0.347 e. The van der Waals surface area contributed by atoms with Gasteiger partial charge in [0.15, 0.2) is 0 Å². The third kappa shape index (κ3) is 1.83. The number of hydrogen-bond acceptors (Lipinski definition) is 3. The molecule has 1 aromatic rings. The van der Waals surface area contributed by atoms with Gasteiger partial charge in [-0.25, -0.2) is 8.10 Å². The lowest BCUT2D eigenvalue weighted by Crippen LogP contribution is -2.31. The van der Waals surface area contributed by atoms with Crippen molar-refractivity contribution >= 4 is 28.6 Å². The maximum Gasteiger partial charge on any atom is 0.147 e. The van der Waals surface area contributed by atoms with Crippen LogP contribution in [0.4, 0.5) is 0 Å². The van der Waals surface area contributed by atoms with Gasteiger partial charge in [-0.15, -0.1) is 0 Å². The number of fused-ring (bicyclic) bond motifs is 1. The van der Waals surface area contributed by atoms with E-state index in [2.05, 4.69) is 35.9 Å². The molecule has 0 saturated heterocycles. The number of aryl methyl sites for hydroxylation is 1. The Labute approximate surface area is 96.6 Å². The Balaban J connectivity index is 2.21. The molecule has 0 spiro atoms. The molecule has 14 heavy (non-hydrogen) atoms. The van der Waals surface area contributed by atoms with Gasteiger partial charge in [0.05, 0.1) is 30.3 Å². The third-order valence-electron chi connectivity index (χ3n) is 2.58. The number of nitrogens with one attached hydrogen (secondary N) is 1. The van der Waals surface area contributed by atoms with E-state index in [1.807, 2.05) is 0 Å². The standard InChI is InChI=1S/C9H12IN3O/c1-6(14)9-3-2-7-8(4-13(9)10)12-5-11-7/h5,9H,2-4H2,1H3,(H,11,12)/t9-/m0/s1. The van der Waals surface area contributed by atoms with E-state index in [9.17, 15) is 4.79 Å². The van der Waals surface area contributed by atoms with Crippen LogP contribution in [0.25, 0.3) is 0 Å². The summed E-state index contributed by atoms with van der Waals surface area (Å²) in [4.78, 5) is 18.7. The quantitative estimate of drug-likeness (QED) is 0.631. The molecule has 1 aliphatic heterocycles. The normalized spacial score (nSPS) is 22.9. The highest BCUT2D eigenvalue weighted by molar-refractivity contribution is 14.1. The number of hydrogen-bond donors (Lipinski definition) is 1. The predicted octanol–water partition coefficient (Wildman–Crippen LogP) is 1.47. The van der Waals surface area contributed by atoms with E-state index >= 15 is 0 Å². The van der Waals surface area contributed by atoms with Gasteiger partial charge in [0, 0.05) is 22.9 Å². The number of halogens is 1. The molecule has 0 amide bonds. The summed E-state index contributed by atoms with van der Waals surface area (Å²) in [5, 5.41) is 0. The Kier molecular flexibility index (Phi) is 2.87. The summed E-state index contributed by atoms with van der Waals surface area (Å²) in [6.07, 6.45) is 3.49. The Bertz CT molecular complexity index is 350. The van der Waals surface area contributed by atoms with Crippen LogP contribution in [0.15, 0.2) is 6.33 Å². The monoisotopic (exact) mass is 305 g/mol. The number of aromatic nitrogens is 2. The van der Waals surface area contributed by atoms with Gasteiger partial charge in [-0.05, 0) is 19.8 Å². The first-order chi connectivity index (χ1) is 6.68. The fourth-order valence-electron chi connectivity index (χ4n) is 1.78. The molecule has 2 heterocycles. The summed E-state index contributed by atoms with van der Waals surface area (Å²) in [5.74, 6) is 0.240. The van der Waals surface area contributed by atoms with Crippen molar-refractivity contribution in [2.75, 3.05) is 0 Å². The average Bonchev–Trinajstić information content (AvgIpc) is 2.47. The van der Waals surface area contributed by atoms with Gasteiger partial charge >= 0.3 is 0 Å². The van der Waals surface area contributed by atoms with Crippen LogP contribution in [0.1, 0.15) is 24.7 Å². The van der Waals surface area contributed by atoms with Crippen molar-refractivity contribution in [3.8, 4) is 0 Å². The molecule has 0 aromatic carbocycles. The molecule has 4 nitrogen and oxygen atoms in total. The lowest BCUT2D eigenvalue weighted by Gasteiger charge is -2.20. The van der Waals surface area contributed by atoms with Gasteiger partial charge in [-0.2, -0.15) is 0 Å². The highest BCUT2D eigenvalue weighted by atomic mass is 127. The molecule has 0 saturated carbocycles. The molecule has 0 unspecified atom stereocenters. The van der Waals surface area contributed by atoms with E-state index in [0.717, 1.165) is 30.8 Å². The van der Waals surface area contributed by atoms with Crippen molar-refractivity contribution in [1.29, 1.82) is 0 Å². The van der Waals surface area contributed by atoms with E-state index in [0.29, 0.717) is 0 Å². The van der Waals surface area contributed by atoms with E-state index in [-0.39, 0.29) is 11.8 Å².